The van der Waals surface area contributed by atoms with Crippen molar-refractivity contribution in [1.29, 1.82) is 0 Å². The standard InChI is InChI=1S/C8H6I2N2/c1-5-2-6-3-12(10)4-7(6)8(9)11-5/h2-4H,1H3. The Labute approximate surface area is 98.0 Å². The number of hydrogen-bond acceptors (Lipinski definition) is 1. The fourth-order valence-corrected chi connectivity index (χ4v) is 2.61. The van der Waals surface area contributed by atoms with Gasteiger partial charge in [0, 0.05) is 28.9 Å². The maximum atomic E-state index is 4.39. The third-order valence-electron chi connectivity index (χ3n) is 1.69. The Morgan fingerprint density at radius 2 is 2.17 bits per heavy atom. The molecule has 0 atom stereocenters. The van der Waals surface area contributed by atoms with E-state index in [4.69, 9.17) is 0 Å². The highest BCUT2D eigenvalue weighted by atomic mass is 127. The molecule has 0 unspecified atom stereocenters. The molecule has 4 heteroatoms. The summed E-state index contributed by atoms with van der Waals surface area (Å²) in [7, 11) is 0. The molecule has 12 heavy (non-hydrogen) atoms. The zero-order chi connectivity index (χ0) is 8.72. The molecule has 62 valence electrons. The number of hydrogen-bond donors (Lipinski definition) is 0. The van der Waals surface area contributed by atoms with Crippen LogP contribution in [0.2, 0.25) is 0 Å². The maximum absolute atomic E-state index is 4.39. The quantitative estimate of drug-likeness (QED) is 0.504. The molecule has 0 aliphatic heterocycles. The van der Waals surface area contributed by atoms with Gasteiger partial charge >= 0.3 is 0 Å². The van der Waals surface area contributed by atoms with Crippen LogP contribution < -0.4 is 0 Å². The van der Waals surface area contributed by atoms with Crippen molar-refractivity contribution in [1.82, 2.24) is 7.76 Å². The summed E-state index contributed by atoms with van der Waals surface area (Å²) in [4.78, 5) is 4.39. The lowest BCUT2D eigenvalue weighted by Crippen LogP contribution is -1.84. The van der Waals surface area contributed by atoms with Gasteiger partial charge in [-0.25, -0.2) is 4.98 Å². The average molecular weight is 384 g/mol. The van der Waals surface area contributed by atoms with Crippen LogP contribution in [0.5, 0.6) is 0 Å². The number of halogens is 2. The first-order valence-corrected chi connectivity index (χ1v) is 5.52. The SMILES string of the molecule is Cc1cc2cn(I)cc2c(I)n1. The van der Waals surface area contributed by atoms with Crippen LogP contribution in [0.4, 0.5) is 0 Å². The Morgan fingerprint density at radius 3 is 2.92 bits per heavy atom. The second kappa shape index (κ2) is 3.13. The molecule has 0 saturated carbocycles. The van der Waals surface area contributed by atoms with Gasteiger partial charge in [0.25, 0.3) is 0 Å². The molecule has 2 rings (SSSR count). The summed E-state index contributed by atoms with van der Waals surface area (Å²) < 4.78 is 3.11. The highest BCUT2D eigenvalue weighted by molar-refractivity contribution is 14.1. The summed E-state index contributed by atoms with van der Waals surface area (Å²) >= 11 is 4.52. The van der Waals surface area contributed by atoms with Gasteiger partial charge < -0.3 is 0 Å². The monoisotopic (exact) mass is 384 g/mol. The summed E-state index contributed by atoms with van der Waals surface area (Å²) in [5, 5.41) is 2.50. The number of nitrogens with zero attached hydrogens (tertiary/aromatic N) is 2. The Bertz CT molecular complexity index is 434. The minimum atomic E-state index is 1.08. The number of aromatic nitrogens is 2. The molecule has 0 amide bonds. The molecule has 0 fully saturated rings. The van der Waals surface area contributed by atoms with Crippen molar-refractivity contribution in [3.63, 3.8) is 0 Å². The van der Waals surface area contributed by atoms with E-state index in [0.717, 1.165) is 9.39 Å². The first-order valence-electron chi connectivity index (χ1n) is 3.48. The summed E-state index contributed by atoms with van der Waals surface area (Å²) in [5.41, 5.74) is 1.08. The number of rotatable bonds is 0. The van der Waals surface area contributed by atoms with Gasteiger partial charge in [-0.05, 0) is 35.6 Å². The molecule has 2 nitrogen and oxygen atoms in total. The average Bonchev–Trinajstić information content (AvgIpc) is 2.29. The van der Waals surface area contributed by atoms with Crippen LogP contribution in [-0.4, -0.2) is 7.76 Å². The Hall–Kier alpha value is 0.150. The molecule has 2 aromatic heterocycles. The second-order valence-corrected chi connectivity index (χ2v) is 4.80. The van der Waals surface area contributed by atoms with E-state index in [9.17, 15) is 0 Å². The van der Waals surface area contributed by atoms with Gasteiger partial charge in [-0.15, -0.1) is 0 Å². The van der Waals surface area contributed by atoms with E-state index in [1.165, 1.54) is 10.8 Å². The minimum Gasteiger partial charge on any atom is -0.296 e. The van der Waals surface area contributed by atoms with Gasteiger partial charge in [0.15, 0.2) is 0 Å². The number of fused-ring (bicyclic) bond motifs is 1. The first kappa shape index (κ1) is 8.74. The molecule has 0 saturated heterocycles. The van der Waals surface area contributed by atoms with Gasteiger partial charge in [0.05, 0.1) is 22.9 Å². The van der Waals surface area contributed by atoms with E-state index in [1.807, 2.05) is 9.70 Å². The van der Waals surface area contributed by atoms with E-state index in [0.29, 0.717) is 0 Å². The normalized spacial score (nSPS) is 10.9. The van der Waals surface area contributed by atoms with E-state index in [1.54, 1.807) is 0 Å². The van der Waals surface area contributed by atoms with Gasteiger partial charge in [0.2, 0.25) is 0 Å². The number of aryl methyl sites for hydroxylation is 1. The molecule has 0 radical (unpaired) electrons. The van der Waals surface area contributed by atoms with Crippen molar-refractivity contribution in [3.05, 3.63) is 27.9 Å². The van der Waals surface area contributed by atoms with Crippen LogP contribution >= 0.6 is 45.5 Å². The van der Waals surface area contributed by atoms with Crippen LogP contribution in [0.1, 0.15) is 5.69 Å². The van der Waals surface area contributed by atoms with Crippen molar-refractivity contribution in [2.75, 3.05) is 0 Å². The molecule has 0 N–H and O–H groups in total. The third-order valence-corrected chi connectivity index (χ3v) is 3.07. The van der Waals surface area contributed by atoms with Crippen molar-refractivity contribution >= 4 is 56.2 Å². The summed E-state index contributed by atoms with van der Waals surface area (Å²) in [6.07, 6.45) is 4.19. The Morgan fingerprint density at radius 1 is 1.42 bits per heavy atom. The highest BCUT2D eigenvalue weighted by Gasteiger charge is 2.02. The van der Waals surface area contributed by atoms with E-state index in [-0.39, 0.29) is 0 Å². The molecule has 0 bridgehead atoms. The molecule has 2 aromatic rings. The topological polar surface area (TPSA) is 17.8 Å². The molecule has 0 aliphatic carbocycles. The Balaban J connectivity index is 2.88. The van der Waals surface area contributed by atoms with Crippen molar-refractivity contribution in [2.24, 2.45) is 0 Å². The van der Waals surface area contributed by atoms with Crippen LogP contribution in [0, 0.1) is 10.6 Å². The van der Waals surface area contributed by atoms with E-state index < -0.39 is 0 Å². The lowest BCUT2D eigenvalue weighted by atomic mass is 10.2. The van der Waals surface area contributed by atoms with Crippen molar-refractivity contribution in [3.8, 4) is 0 Å². The van der Waals surface area contributed by atoms with Gasteiger partial charge in [-0.2, -0.15) is 0 Å². The lowest BCUT2D eigenvalue weighted by molar-refractivity contribution is 1.19. The molecular weight excluding hydrogens is 378 g/mol. The van der Waals surface area contributed by atoms with Gasteiger partial charge in [-0.1, -0.05) is 0 Å². The van der Waals surface area contributed by atoms with Crippen molar-refractivity contribution < 1.29 is 0 Å². The van der Waals surface area contributed by atoms with E-state index in [2.05, 4.69) is 68.9 Å². The number of pyridine rings is 1. The third kappa shape index (κ3) is 1.46. The van der Waals surface area contributed by atoms with Gasteiger partial charge in [-0.3, -0.25) is 2.78 Å². The largest absolute Gasteiger partial charge is 0.296 e. The van der Waals surface area contributed by atoms with Gasteiger partial charge in [0.1, 0.15) is 3.70 Å². The summed E-state index contributed by atoms with van der Waals surface area (Å²) in [5.74, 6) is 0. The zero-order valence-electron chi connectivity index (χ0n) is 6.38. The molecule has 0 aliphatic rings. The fourth-order valence-electron chi connectivity index (χ4n) is 1.20. The predicted molar refractivity (Wildman–Crippen MR) is 66.6 cm³/mol. The van der Waals surface area contributed by atoms with Crippen LogP contribution in [0.3, 0.4) is 0 Å². The van der Waals surface area contributed by atoms with Crippen LogP contribution in [-0.2, 0) is 0 Å². The Kier molecular flexibility index (Phi) is 2.28. The molecule has 2 heterocycles. The smallest absolute Gasteiger partial charge is 0.111 e. The second-order valence-electron chi connectivity index (χ2n) is 2.66. The van der Waals surface area contributed by atoms with Crippen LogP contribution in [0.15, 0.2) is 18.5 Å². The maximum Gasteiger partial charge on any atom is 0.111 e. The minimum absolute atomic E-state index is 1.08. The highest BCUT2D eigenvalue weighted by Crippen LogP contribution is 2.21. The molecular formula is C8H6I2N2. The fraction of sp³-hybridized carbons (Fsp3) is 0.125. The molecule has 0 spiro atoms. The summed E-state index contributed by atoms with van der Waals surface area (Å²) in [6, 6.07) is 2.10. The predicted octanol–water partition coefficient (Wildman–Crippen LogP) is 3.15. The zero-order valence-corrected chi connectivity index (χ0v) is 10.7. The first-order chi connectivity index (χ1) is 5.66. The van der Waals surface area contributed by atoms with Crippen LogP contribution in [0.25, 0.3) is 10.8 Å². The summed E-state index contributed by atoms with van der Waals surface area (Å²) in [6.45, 7) is 2.02. The van der Waals surface area contributed by atoms with E-state index >= 15 is 0 Å². The van der Waals surface area contributed by atoms with Crippen molar-refractivity contribution in [2.45, 2.75) is 6.92 Å². The molecule has 0 aromatic carbocycles. The lowest BCUT2D eigenvalue weighted by Gasteiger charge is -1.94.